The summed E-state index contributed by atoms with van der Waals surface area (Å²) in [6.45, 7) is 0. The summed E-state index contributed by atoms with van der Waals surface area (Å²) in [6.07, 6.45) is 0. The first-order chi connectivity index (χ1) is 10.7. The first-order valence-electron chi connectivity index (χ1n) is 6.10. The minimum Gasteiger partial charge on any atom is -0.319 e. The van der Waals surface area contributed by atoms with Gasteiger partial charge in [0.1, 0.15) is 11.6 Å². The lowest BCUT2D eigenvalue weighted by molar-refractivity contribution is 0.102. The summed E-state index contributed by atoms with van der Waals surface area (Å²) in [5, 5.41) is 2.16. The fourth-order valence-corrected chi connectivity index (χ4v) is 2.41. The maximum absolute atomic E-state index is 13.4. The Balaban J connectivity index is 2.21. The van der Waals surface area contributed by atoms with E-state index in [1.54, 1.807) is 0 Å². The molecule has 0 aromatic heterocycles. The molecule has 0 heterocycles. The van der Waals surface area contributed by atoms with Crippen molar-refractivity contribution in [2.45, 2.75) is 10.7 Å². The van der Waals surface area contributed by atoms with E-state index in [0.29, 0.717) is 6.07 Å². The number of alkyl halides is 2. The van der Waals surface area contributed by atoms with Crippen LogP contribution in [0.25, 0.3) is 0 Å². The van der Waals surface area contributed by atoms with E-state index in [0.717, 1.165) is 36.4 Å². The molecule has 2 aromatic rings. The maximum atomic E-state index is 13.4. The van der Waals surface area contributed by atoms with E-state index in [9.17, 15) is 30.8 Å². The molecule has 0 saturated carbocycles. The first kappa shape index (κ1) is 16.9. The highest BCUT2D eigenvalue weighted by Gasteiger charge is 2.26. The fourth-order valence-electron chi connectivity index (χ4n) is 1.68. The average Bonchev–Trinajstić information content (AvgIpc) is 2.50. The Labute approximate surface area is 128 Å². The highest BCUT2D eigenvalue weighted by atomic mass is 32.2. The Morgan fingerprint density at radius 3 is 2.13 bits per heavy atom. The van der Waals surface area contributed by atoms with Gasteiger partial charge >= 0.3 is 5.76 Å². The van der Waals surface area contributed by atoms with Gasteiger partial charge in [-0.1, -0.05) is 0 Å². The molecule has 0 bridgehead atoms. The molecule has 2 rings (SSSR count). The number of carbonyl (C=O) groups is 1. The molecule has 0 radical (unpaired) electrons. The molecule has 0 aliphatic heterocycles. The standard InChI is InChI=1S/C14H9F4NO3S/c15-9-3-6-12(11(16)7-9)19-13(20)8-1-4-10(5-2-8)23(21,22)14(17)18/h1-7,14H,(H,19,20). The third kappa shape index (κ3) is 3.67. The van der Waals surface area contributed by atoms with Crippen LogP contribution < -0.4 is 5.32 Å². The van der Waals surface area contributed by atoms with Crippen LogP contribution in [0.5, 0.6) is 0 Å². The van der Waals surface area contributed by atoms with Crippen LogP contribution in [0.2, 0.25) is 0 Å². The Kier molecular flexibility index (Phi) is 4.69. The van der Waals surface area contributed by atoms with Crippen molar-refractivity contribution < 1.29 is 30.8 Å². The van der Waals surface area contributed by atoms with E-state index in [4.69, 9.17) is 0 Å². The van der Waals surface area contributed by atoms with E-state index in [2.05, 4.69) is 5.32 Å². The van der Waals surface area contributed by atoms with E-state index in [-0.39, 0.29) is 11.3 Å². The summed E-state index contributed by atoms with van der Waals surface area (Å²) in [5.41, 5.74) is -0.359. The highest BCUT2D eigenvalue weighted by molar-refractivity contribution is 7.91. The normalized spacial score (nSPS) is 11.5. The molecule has 4 nitrogen and oxygen atoms in total. The smallest absolute Gasteiger partial charge is 0.319 e. The van der Waals surface area contributed by atoms with Crippen molar-refractivity contribution in [2.75, 3.05) is 5.32 Å². The van der Waals surface area contributed by atoms with Gasteiger partial charge < -0.3 is 5.32 Å². The van der Waals surface area contributed by atoms with Gasteiger partial charge in [-0.05, 0) is 36.4 Å². The lowest BCUT2D eigenvalue weighted by Crippen LogP contribution is -2.14. The quantitative estimate of drug-likeness (QED) is 0.864. The summed E-state index contributed by atoms with van der Waals surface area (Å²) in [4.78, 5) is 11.2. The topological polar surface area (TPSA) is 63.2 Å². The van der Waals surface area contributed by atoms with Gasteiger partial charge in [0.25, 0.3) is 5.91 Å². The largest absolute Gasteiger partial charge is 0.341 e. The summed E-state index contributed by atoms with van der Waals surface area (Å²) in [7, 11) is -4.76. The Morgan fingerprint density at radius 1 is 1.00 bits per heavy atom. The fraction of sp³-hybridized carbons (Fsp3) is 0.0714. The number of amides is 1. The van der Waals surface area contributed by atoms with Crippen molar-refractivity contribution in [2.24, 2.45) is 0 Å². The Morgan fingerprint density at radius 2 is 1.61 bits per heavy atom. The molecule has 0 spiro atoms. The second kappa shape index (κ2) is 6.37. The lowest BCUT2D eigenvalue weighted by Gasteiger charge is -2.07. The number of sulfone groups is 1. The average molecular weight is 347 g/mol. The summed E-state index contributed by atoms with van der Waals surface area (Å²) in [5.74, 6) is -6.19. The second-order valence-corrected chi connectivity index (χ2v) is 6.33. The first-order valence-corrected chi connectivity index (χ1v) is 7.65. The van der Waals surface area contributed by atoms with Gasteiger partial charge in [0.2, 0.25) is 9.84 Å². The van der Waals surface area contributed by atoms with E-state index < -0.39 is 38.0 Å². The molecular weight excluding hydrogens is 338 g/mol. The van der Waals surface area contributed by atoms with Crippen molar-refractivity contribution in [3.8, 4) is 0 Å². The SMILES string of the molecule is O=C(Nc1ccc(F)cc1F)c1ccc(S(=O)(=O)C(F)F)cc1. The minimum atomic E-state index is -4.76. The van der Waals surface area contributed by atoms with Gasteiger partial charge in [-0.3, -0.25) is 4.79 Å². The van der Waals surface area contributed by atoms with Gasteiger partial charge in [-0.25, -0.2) is 17.2 Å². The zero-order valence-electron chi connectivity index (χ0n) is 11.3. The van der Waals surface area contributed by atoms with E-state index >= 15 is 0 Å². The van der Waals surface area contributed by atoms with Crippen molar-refractivity contribution in [3.63, 3.8) is 0 Å². The summed E-state index contributed by atoms with van der Waals surface area (Å²) in [6, 6.07) is 6.23. The summed E-state index contributed by atoms with van der Waals surface area (Å²) >= 11 is 0. The Hall–Kier alpha value is -2.42. The van der Waals surface area contributed by atoms with Gasteiger partial charge in [-0.15, -0.1) is 0 Å². The monoisotopic (exact) mass is 347 g/mol. The van der Waals surface area contributed by atoms with Crippen LogP contribution in [-0.4, -0.2) is 20.1 Å². The molecule has 0 aliphatic rings. The molecule has 0 atom stereocenters. The van der Waals surface area contributed by atoms with Crippen molar-refractivity contribution in [3.05, 3.63) is 59.7 Å². The number of benzene rings is 2. The predicted octanol–water partition coefficient (Wildman–Crippen LogP) is 3.21. The van der Waals surface area contributed by atoms with Crippen molar-refractivity contribution in [1.82, 2.24) is 0 Å². The van der Waals surface area contributed by atoms with Gasteiger partial charge in [0.05, 0.1) is 10.6 Å². The number of hydrogen-bond donors (Lipinski definition) is 1. The Bertz CT molecular complexity index is 836. The number of anilines is 1. The molecule has 0 aliphatic carbocycles. The van der Waals surface area contributed by atoms with Crippen molar-refractivity contribution in [1.29, 1.82) is 0 Å². The minimum absolute atomic E-state index is 0.0815. The predicted molar refractivity (Wildman–Crippen MR) is 73.9 cm³/mol. The van der Waals surface area contributed by atoms with Crippen LogP contribution >= 0.6 is 0 Å². The number of halogens is 4. The lowest BCUT2D eigenvalue weighted by atomic mass is 10.2. The van der Waals surface area contributed by atoms with Gasteiger partial charge in [0.15, 0.2) is 0 Å². The molecule has 1 amide bonds. The third-order valence-electron chi connectivity index (χ3n) is 2.86. The molecule has 23 heavy (non-hydrogen) atoms. The van der Waals surface area contributed by atoms with Crippen LogP contribution in [0.1, 0.15) is 10.4 Å². The van der Waals surface area contributed by atoms with Gasteiger partial charge in [-0.2, -0.15) is 8.78 Å². The molecule has 9 heteroatoms. The maximum Gasteiger partial charge on any atom is 0.341 e. The molecule has 122 valence electrons. The third-order valence-corrected chi connectivity index (χ3v) is 4.26. The molecule has 0 fully saturated rings. The molecule has 1 N–H and O–H groups in total. The van der Waals surface area contributed by atoms with Crippen molar-refractivity contribution >= 4 is 21.4 Å². The van der Waals surface area contributed by atoms with Gasteiger partial charge in [0, 0.05) is 11.6 Å². The molecule has 0 unspecified atom stereocenters. The number of hydrogen-bond acceptors (Lipinski definition) is 3. The van der Waals surface area contributed by atoms with Crippen LogP contribution in [-0.2, 0) is 9.84 Å². The number of nitrogens with one attached hydrogen (secondary N) is 1. The molecule has 0 saturated heterocycles. The van der Waals surface area contributed by atoms with Crippen LogP contribution in [0.15, 0.2) is 47.4 Å². The van der Waals surface area contributed by atoms with Crippen LogP contribution in [0.4, 0.5) is 23.2 Å². The highest BCUT2D eigenvalue weighted by Crippen LogP contribution is 2.20. The number of carbonyl (C=O) groups excluding carboxylic acids is 1. The molecular formula is C14H9F4NO3S. The van der Waals surface area contributed by atoms with Crippen LogP contribution in [0.3, 0.4) is 0 Å². The number of rotatable bonds is 4. The van der Waals surface area contributed by atoms with Crippen LogP contribution in [0, 0.1) is 11.6 Å². The van der Waals surface area contributed by atoms with E-state index in [1.165, 1.54) is 0 Å². The zero-order chi connectivity index (χ0) is 17.2. The second-order valence-electron chi connectivity index (χ2n) is 4.41. The molecule has 2 aromatic carbocycles. The zero-order valence-corrected chi connectivity index (χ0v) is 12.1. The van der Waals surface area contributed by atoms with E-state index in [1.807, 2.05) is 0 Å². The summed E-state index contributed by atoms with van der Waals surface area (Å²) < 4.78 is 73.4.